The zero-order valence-electron chi connectivity index (χ0n) is 9.28. The molecule has 2 heteroatoms. The summed E-state index contributed by atoms with van der Waals surface area (Å²) in [5.74, 6) is 0. The summed E-state index contributed by atoms with van der Waals surface area (Å²) in [6.07, 6.45) is 4.12. The van der Waals surface area contributed by atoms with Crippen molar-refractivity contribution in [3.05, 3.63) is 35.9 Å². The van der Waals surface area contributed by atoms with Gasteiger partial charge in [-0.3, -0.25) is 0 Å². The fourth-order valence-corrected chi connectivity index (χ4v) is 2.23. The summed E-state index contributed by atoms with van der Waals surface area (Å²) in [4.78, 5) is 0. The lowest BCUT2D eigenvalue weighted by Gasteiger charge is -2.19. The number of nitrogens with one attached hydrogen (secondary N) is 1. The predicted molar refractivity (Wildman–Crippen MR) is 61.7 cm³/mol. The maximum absolute atomic E-state index is 5.93. The molecule has 1 N–H and O–H groups in total. The van der Waals surface area contributed by atoms with E-state index in [0.29, 0.717) is 12.1 Å². The topological polar surface area (TPSA) is 21.3 Å². The molecule has 1 aromatic carbocycles. The van der Waals surface area contributed by atoms with E-state index in [4.69, 9.17) is 4.74 Å². The van der Waals surface area contributed by atoms with Crippen molar-refractivity contribution < 1.29 is 4.74 Å². The van der Waals surface area contributed by atoms with Gasteiger partial charge >= 0.3 is 0 Å². The van der Waals surface area contributed by atoms with Crippen molar-refractivity contribution in [3.63, 3.8) is 0 Å². The Labute approximate surface area is 91.6 Å². The van der Waals surface area contributed by atoms with Gasteiger partial charge in [0.1, 0.15) is 0 Å². The molecule has 1 aliphatic rings. The molecule has 0 aromatic heterocycles. The number of likely N-dealkylation sites (N-methyl/N-ethyl adjacent to an activating group) is 1. The number of rotatable bonds is 4. The zero-order chi connectivity index (χ0) is 10.5. The molecule has 1 aromatic rings. The molecule has 0 amide bonds. The highest BCUT2D eigenvalue weighted by Gasteiger charge is 2.26. The van der Waals surface area contributed by atoms with Crippen molar-refractivity contribution in [1.82, 2.24) is 5.32 Å². The van der Waals surface area contributed by atoms with E-state index in [9.17, 15) is 0 Å². The minimum Gasteiger partial charge on any atom is -0.372 e. The van der Waals surface area contributed by atoms with Crippen LogP contribution in [0.2, 0.25) is 0 Å². The number of hydrogen-bond donors (Lipinski definition) is 1. The fourth-order valence-electron chi connectivity index (χ4n) is 2.23. The van der Waals surface area contributed by atoms with E-state index in [1.807, 2.05) is 13.1 Å². The highest BCUT2D eigenvalue weighted by molar-refractivity contribution is 5.13. The van der Waals surface area contributed by atoms with Gasteiger partial charge < -0.3 is 10.1 Å². The summed E-state index contributed by atoms with van der Waals surface area (Å²) < 4.78 is 5.93. The van der Waals surface area contributed by atoms with Crippen molar-refractivity contribution >= 4 is 0 Å². The summed E-state index contributed by atoms with van der Waals surface area (Å²) in [6, 6.07) is 10.9. The third kappa shape index (κ3) is 2.80. The van der Waals surface area contributed by atoms with Gasteiger partial charge in [-0.2, -0.15) is 0 Å². The molecule has 1 aliphatic carbocycles. The van der Waals surface area contributed by atoms with Gasteiger partial charge in [-0.25, -0.2) is 0 Å². The highest BCUT2D eigenvalue weighted by Crippen LogP contribution is 2.22. The second kappa shape index (κ2) is 5.29. The van der Waals surface area contributed by atoms with Gasteiger partial charge in [0.15, 0.2) is 0 Å². The van der Waals surface area contributed by atoms with Crippen LogP contribution < -0.4 is 5.32 Å². The lowest BCUT2D eigenvalue weighted by molar-refractivity contribution is 0.0295. The molecule has 2 rings (SSSR count). The summed E-state index contributed by atoms with van der Waals surface area (Å²) in [7, 11) is 2.02. The Hall–Kier alpha value is -0.860. The normalized spacial score (nSPS) is 25.7. The third-order valence-corrected chi connectivity index (χ3v) is 3.13. The average molecular weight is 205 g/mol. The Bertz CT molecular complexity index is 286. The first-order valence-electron chi connectivity index (χ1n) is 5.73. The van der Waals surface area contributed by atoms with Crippen LogP contribution in [0.4, 0.5) is 0 Å². The van der Waals surface area contributed by atoms with Crippen molar-refractivity contribution in [2.45, 2.75) is 38.0 Å². The van der Waals surface area contributed by atoms with Gasteiger partial charge in [0, 0.05) is 6.04 Å². The van der Waals surface area contributed by atoms with E-state index in [1.165, 1.54) is 24.8 Å². The number of benzene rings is 1. The number of hydrogen-bond acceptors (Lipinski definition) is 2. The minimum atomic E-state index is 0.398. The Morgan fingerprint density at radius 2 is 2.07 bits per heavy atom. The Morgan fingerprint density at radius 3 is 2.80 bits per heavy atom. The van der Waals surface area contributed by atoms with E-state index in [-0.39, 0.29) is 0 Å². The molecule has 0 spiro atoms. The maximum atomic E-state index is 5.93. The van der Waals surface area contributed by atoms with E-state index >= 15 is 0 Å². The lowest BCUT2D eigenvalue weighted by Crippen LogP contribution is -2.34. The molecule has 1 saturated carbocycles. The van der Waals surface area contributed by atoms with Gasteiger partial charge in [0.2, 0.25) is 0 Å². The lowest BCUT2D eigenvalue weighted by atomic mass is 10.2. The molecular weight excluding hydrogens is 186 g/mol. The molecule has 0 saturated heterocycles. The molecular formula is C13H19NO. The summed E-state index contributed by atoms with van der Waals surface area (Å²) in [6.45, 7) is 0.740. The van der Waals surface area contributed by atoms with Crippen LogP contribution >= 0.6 is 0 Å². The van der Waals surface area contributed by atoms with E-state index in [0.717, 1.165) is 6.61 Å². The zero-order valence-corrected chi connectivity index (χ0v) is 9.28. The maximum Gasteiger partial charge on any atom is 0.0732 e. The standard InChI is InChI=1S/C13H19NO/c1-14-12-8-5-9-13(12)15-10-11-6-3-2-4-7-11/h2-4,6-7,12-14H,5,8-10H2,1H3. The van der Waals surface area contributed by atoms with E-state index in [1.54, 1.807) is 0 Å². The van der Waals surface area contributed by atoms with Crippen molar-refractivity contribution in [1.29, 1.82) is 0 Å². The van der Waals surface area contributed by atoms with Crippen LogP contribution in [0.1, 0.15) is 24.8 Å². The van der Waals surface area contributed by atoms with Crippen LogP contribution in [0, 0.1) is 0 Å². The Morgan fingerprint density at radius 1 is 1.27 bits per heavy atom. The van der Waals surface area contributed by atoms with Crippen LogP contribution in [-0.2, 0) is 11.3 Å². The molecule has 1 fully saturated rings. The molecule has 2 nitrogen and oxygen atoms in total. The monoisotopic (exact) mass is 205 g/mol. The average Bonchev–Trinajstić information content (AvgIpc) is 2.75. The van der Waals surface area contributed by atoms with Crippen molar-refractivity contribution in [2.24, 2.45) is 0 Å². The van der Waals surface area contributed by atoms with Gasteiger partial charge in [-0.1, -0.05) is 30.3 Å². The van der Waals surface area contributed by atoms with Gasteiger partial charge in [-0.05, 0) is 31.9 Å². The first-order chi connectivity index (χ1) is 7.40. The largest absolute Gasteiger partial charge is 0.372 e. The van der Waals surface area contributed by atoms with Crippen LogP contribution in [0.15, 0.2) is 30.3 Å². The van der Waals surface area contributed by atoms with Crippen LogP contribution in [0.25, 0.3) is 0 Å². The van der Waals surface area contributed by atoms with Crippen LogP contribution in [0.5, 0.6) is 0 Å². The SMILES string of the molecule is CNC1CCCC1OCc1ccccc1. The minimum absolute atomic E-state index is 0.398. The molecule has 2 unspecified atom stereocenters. The first kappa shape index (κ1) is 10.7. The van der Waals surface area contributed by atoms with Gasteiger partial charge in [-0.15, -0.1) is 0 Å². The third-order valence-electron chi connectivity index (χ3n) is 3.13. The van der Waals surface area contributed by atoms with E-state index < -0.39 is 0 Å². The van der Waals surface area contributed by atoms with Crippen LogP contribution in [0.3, 0.4) is 0 Å². The molecule has 2 atom stereocenters. The second-order valence-corrected chi connectivity index (χ2v) is 4.16. The summed E-state index contributed by atoms with van der Waals surface area (Å²) in [5.41, 5.74) is 1.26. The highest BCUT2D eigenvalue weighted by atomic mass is 16.5. The van der Waals surface area contributed by atoms with Gasteiger partial charge in [0.05, 0.1) is 12.7 Å². The van der Waals surface area contributed by atoms with Crippen molar-refractivity contribution in [2.75, 3.05) is 7.05 Å². The molecule has 0 heterocycles. The molecule has 0 aliphatic heterocycles. The second-order valence-electron chi connectivity index (χ2n) is 4.16. The Balaban J connectivity index is 1.83. The molecule has 0 radical (unpaired) electrons. The van der Waals surface area contributed by atoms with Crippen LogP contribution in [-0.4, -0.2) is 19.2 Å². The molecule has 82 valence electrons. The molecule has 0 bridgehead atoms. The molecule has 15 heavy (non-hydrogen) atoms. The van der Waals surface area contributed by atoms with Gasteiger partial charge in [0.25, 0.3) is 0 Å². The first-order valence-corrected chi connectivity index (χ1v) is 5.73. The van der Waals surface area contributed by atoms with E-state index in [2.05, 4.69) is 29.6 Å². The number of ether oxygens (including phenoxy) is 1. The Kier molecular flexibility index (Phi) is 3.75. The summed E-state index contributed by atoms with van der Waals surface area (Å²) in [5, 5.41) is 3.33. The fraction of sp³-hybridized carbons (Fsp3) is 0.538. The quantitative estimate of drug-likeness (QED) is 0.814. The van der Waals surface area contributed by atoms with Crippen molar-refractivity contribution in [3.8, 4) is 0 Å². The smallest absolute Gasteiger partial charge is 0.0732 e. The summed E-state index contributed by atoms with van der Waals surface area (Å²) >= 11 is 0. The predicted octanol–water partition coefficient (Wildman–Crippen LogP) is 2.34.